The molecule has 0 saturated carbocycles. The van der Waals surface area contributed by atoms with Crippen molar-refractivity contribution < 1.29 is 8.42 Å². The van der Waals surface area contributed by atoms with E-state index in [0.29, 0.717) is 18.7 Å². The summed E-state index contributed by atoms with van der Waals surface area (Å²) in [6, 6.07) is 6.91. The summed E-state index contributed by atoms with van der Waals surface area (Å²) in [4.78, 5) is 8.14. The third-order valence-electron chi connectivity index (χ3n) is 3.18. The van der Waals surface area contributed by atoms with Crippen molar-refractivity contribution in [3.63, 3.8) is 0 Å². The smallest absolute Gasteiger partial charge is 0.244 e. The zero-order valence-electron chi connectivity index (χ0n) is 11.8. The Bertz CT molecular complexity index is 672. The Morgan fingerprint density at radius 2 is 1.90 bits per heavy atom. The lowest BCUT2D eigenvalue weighted by Crippen LogP contribution is -2.29. The highest BCUT2D eigenvalue weighted by molar-refractivity contribution is 7.89. The van der Waals surface area contributed by atoms with Crippen LogP contribution in [-0.2, 0) is 23.0 Å². The van der Waals surface area contributed by atoms with Crippen LogP contribution in [0.25, 0.3) is 0 Å². The molecular weight excluding hydrogens is 288 g/mol. The molecule has 0 bridgehead atoms. The van der Waals surface area contributed by atoms with E-state index in [-0.39, 0.29) is 11.4 Å². The van der Waals surface area contributed by atoms with E-state index in [4.69, 9.17) is 5.73 Å². The molecule has 0 radical (unpaired) electrons. The Labute approximate surface area is 124 Å². The minimum Gasteiger partial charge on any atom is -0.325 e. The van der Waals surface area contributed by atoms with Crippen LogP contribution in [0.5, 0.6) is 0 Å². The molecule has 0 spiro atoms. The molecule has 21 heavy (non-hydrogen) atoms. The minimum atomic E-state index is -3.52. The van der Waals surface area contributed by atoms with Crippen molar-refractivity contribution in [2.75, 3.05) is 13.6 Å². The van der Waals surface area contributed by atoms with E-state index in [1.165, 1.54) is 16.6 Å². The number of hydrogen-bond acceptors (Lipinski definition) is 5. The summed E-state index contributed by atoms with van der Waals surface area (Å²) in [7, 11) is -1.96. The Morgan fingerprint density at radius 1 is 1.19 bits per heavy atom. The molecule has 0 unspecified atom stereocenters. The molecule has 0 aliphatic rings. The van der Waals surface area contributed by atoms with Gasteiger partial charge in [-0.3, -0.25) is 9.97 Å². The Morgan fingerprint density at radius 3 is 2.48 bits per heavy atom. The second-order valence-corrected chi connectivity index (χ2v) is 6.67. The highest BCUT2D eigenvalue weighted by Crippen LogP contribution is 2.14. The maximum atomic E-state index is 12.4. The van der Waals surface area contributed by atoms with Gasteiger partial charge in [-0.2, -0.15) is 0 Å². The topological polar surface area (TPSA) is 89.2 Å². The first kappa shape index (κ1) is 15.6. The predicted molar refractivity (Wildman–Crippen MR) is 79.9 cm³/mol. The first-order valence-corrected chi connectivity index (χ1v) is 7.98. The highest BCUT2D eigenvalue weighted by atomic mass is 32.2. The Kier molecular flexibility index (Phi) is 5.00. The maximum Gasteiger partial charge on any atom is 0.244 e. The van der Waals surface area contributed by atoms with Crippen molar-refractivity contribution in [2.45, 2.75) is 17.9 Å². The van der Waals surface area contributed by atoms with Crippen LogP contribution in [0.15, 0.2) is 47.8 Å². The number of likely N-dealkylation sites (N-methyl/N-ethyl adjacent to an activating group) is 1. The van der Waals surface area contributed by atoms with Crippen molar-refractivity contribution in [1.82, 2.24) is 14.3 Å². The molecule has 2 heterocycles. The molecule has 2 rings (SSSR count). The Hall–Kier alpha value is -1.83. The Balaban J connectivity index is 2.07. The molecule has 112 valence electrons. The molecule has 2 N–H and O–H groups in total. The molecule has 0 aliphatic carbocycles. The van der Waals surface area contributed by atoms with E-state index >= 15 is 0 Å². The summed E-state index contributed by atoms with van der Waals surface area (Å²) in [6.45, 7) is 0.684. The molecule has 7 heteroatoms. The van der Waals surface area contributed by atoms with Crippen LogP contribution < -0.4 is 5.73 Å². The van der Waals surface area contributed by atoms with Crippen molar-refractivity contribution >= 4 is 10.0 Å². The summed E-state index contributed by atoms with van der Waals surface area (Å²) in [6.07, 6.45) is 5.37. The average Bonchev–Trinajstić information content (AvgIpc) is 2.53. The van der Waals surface area contributed by atoms with Gasteiger partial charge in [0, 0.05) is 38.7 Å². The zero-order valence-corrected chi connectivity index (χ0v) is 12.6. The summed E-state index contributed by atoms with van der Waals surface area (Å²) < 4.78 is 26.1. The average molecular weight is 306 g/mol. The molecule has 6 nitrogen and oxygen atoms in total. The molecule has 0 aliphatic heterocycles. The number of hydrogen-bond donors (Lipinski definition) is 1. The summed E-state index contributed by atoms with van der Waals surface area (Å²) in [5.74, 6) is 0. The highest BCUT2D eigenvalue weighted by Gasteiger charge is 2.20. The minimum absolute atomic E-state index is 0.178. The second-order valence-electron chi connectivity index (χ2n) is 4.62. The van der Waals surface area contributed by atoms with Crippen molar-refractivity contribution in [3.8, 4) is 0 Å². The quantitative estimate of drug-likeness (QED) is 0.852. The van der Waals surface area contributed by atoms with Gasteiger partial charge in [0.15, 0.2) is 0 Å². The monoisotopic (exact) mass is 306 g/mol. The maximum absolute atomic E-state index is 12.4. The van der Waals surface area contributed by atoms with Gasteiger partial charge in [0.05, 0.1) is 5.69 Å². The third kappa shape index (κ3) is 3.84. The molecule has 0 fully saturated rings. The number of aromatic nitrogens is 2. The van der Waals surface area contributed by atoms with E-state index in [1.54, 1.807) is 25.5 Å². The van der Waals surface area contributed by atoms with Crippen LogP contribution in [0.1, 0.15) is 11.3 Å². The third-order valence-corrected chi connectivity index (χ3v) is 5.02. The zero-order chi connectivity index (χ0) is 15.3. The van der Waals surface area contributed by atoms with Gasteiger partial charge in [-0.05, 0) is 36.2 Å². The van der Waals surface area contributed by atoms with E-state index < -0.39 is 10.0 Å². The van der Waals surface area contributed by atoms with Crippen LogP contribution in [0.3, 0.4) is 0 Å². The number of nitrogens with zero attached hydrogens (tertiary/aromatic N) is 3. The first-order chi connectivity index (χ1) is 10.0. The fourth-order valence-corrected chi connectivity index (χ4v) is 2.94. The molecule has 0 aromatic carbocycles. The summed E-state index contributed by atoms with van der Waals surface area (Å²) in [5, 5.41) is 0. The van der Waals surface area contributed by atoms with E-state index in [9.17, 15) is 8.42 Å². The first-order valence-electron chi connectivity index (χ1n) is 6.54. The number of rotatable bonds is 6. The number of nitrogens with two attached hydrogens (primary N) is 1. The van der Waals surface area contributed by atoms with Crippen LogP contribution in [0.4, 0.5) is 0 Å². The largest absolute Gasteiger partial charge is 0.325 e. The standard InChI is InChI=1S/C14H18N4O2S/c1-18(9-6-12-4-7-16-8-5-12)21(19,20)14-3-2-13(10-15)17-11-14/h2-5,7-8,11H,6,9-10,15H2,1H3. The molecular formula is C14H18N4O2S. The lowest BCUT2D eigenvalue weighted by molar-refractivity contribution is 0.472. The van der Waals surface area contributed by atoms with Gasteiger partial charge in [0.1, 0.15) is 4.90 Å². The van der Waals surface area contributed by atoms with Gasteiger partial charge in [0.2, 0.25) is 10.0 Å². The number of pyridine rings is 2. The molecule has 0 saturated heterocycles. The molecule has 2 aromatic rings. The molecule has 0 atom stereocenters. The van der Waals surface area contributed by atoms with E-state index in [2.05, 4.69) is 9.97 Å². The van der Waals surface area contributed by atoms with Gasteiger partial charge < -0.3 is 5.73 Å². The van der Waals surface area contributed by atoms with Crippen LogP contribution >= 0.6 is 0 Å². The van der Waals surface area contributed by atoms with Crippen molar-refractivity contribution in [3.05, 3.63) is 54.1 Å². The van der Waals surface area contributed by atoms with Gasteiger partial charge >= 0.3 is 0 Å². The number of sulfonamides is 1. The SMILES string of the molecule is CN(CCc1ccncc1)S(=O)(=O)c1ccc(CN)nc1. The van der Waals surface area contributed by atoms with Crippen molar-refractivity contribution in [2.24, 2.45) is 5.73 Å². The summed E-state index contributed by atoms with van der Waals surface area (Å²) >= 11 is 0. The lowest BCUT2D eigenvalue weighted by atomic mass is 10.2. The van der Waals surface area contributed by atoms with E-state index in [1.807, 2.05) is 12.1 Å². The normalized spacial score (nSPS) is 11.8. The fourth-order valence-electron chi connectivity index (χ4n) is 1.82. The fraction of sp³-hybridized carbons (Fsp3) is 0.286. The lowest BCUT2D eigenvalue weighted by Gasteiger charge is -2.17. The van der Waals surface area contributed by atoms with Gasteiger partial charge in [-0.1, -0.05) is 0 Å². The summed E-state index contributed by atoms with van der Waals surface area (Å²) in [5.41, 5.74) is 7.16. The molecule has 0 amide bonds. The predicted octanol–water partition coefficient (Wildman–Crippen LogP) is 0.798. The van der Waals surface area contributed by atoms with Crippen LogP contribution in [0.2, 0.25) is 0 Å². The van der Waals surface area contributed by atoms with Crippen molar-refractivity contribution in [1.29, 1.82) is 0 Å². The van der Waals surface area contributed by atoms with Gasteiger partial charge in [0.25, 0.3) is 0 Å². The van der Waals surface area contributed by atoms with Gasteiger partial charge in [-0.25, -0.2) is 12.7 Å². The van der Waals surface area contributed by atoms with Crippen LogP contribution in [0, 0.1) is 0 Å². The second kappa shape index (κ2) is 6.75. The van der Waals surface area contributed by atoms with E-state index in [0.717, 1.165) is 5.56 Å². The van der Waals surface area contributed by atoms with Gasteiger partial charge in [-0.15, -0.1) is 0 Å². The van der Waals surface area contributed by atoms with Crippen LogP contribution in [-0.4, -0.2) is 36.3 Å². The molecule has 2 aromatic heterocycles.